The molecular formula is C16H21FO4. The van der Waals surface area contributed by atoms with E-state index in [9.17, 15) is 14.3 Å². The van der Waals surface area contributed by atoms with Crippen LogP contribution in [0.2, 0.25) is 0 Å². The van der Waals surface area contributed by atoms with Crippen molar-refractivity contribution in [3.05, 3.63) is 23.5 Å². The van der Waals surface area contributed by atoms with Crippen LogP contribution in [0, 0.1) is 5.82 Å². The van der Waals surface area contributed by atoms with Gasteiger partial charge in [-0.3, -0.25) is 4.79 Å². The number of hydrogen-bond donors (Lipinski definition) is 1. The predicted molar refractivity (Wildman–Crippen MR) is 76.5 cm³/mol. The molecule has 0 heterocycles. The van der Waals surface area contributed by atoms with Gasteiger partial charge in [-0.15, -0.1) is 0 Å². The molecule has 4 nitrogen and oxygen atoms in total. The van der Waals surface area contributed by atoms with E-state index in [1.54, 1.807) is 0 Å². The lowest BCUT2D eigenvalue weighted by molar-refractivity contribution is -0.143. The van der Waals surface area contributed by atoms with Crippen molar-refractivity contribution in [1.82, 2.24) is 0 Å². The Labute approximate surface area is 123 Å². The van der Waals surface area contributed by atoms with E-state index in [-0.39, 0.29) is 11.9 Å². The normalized spacial score (nSPS) is 17.0. The van der Waals surface area contributed by atoms with E-state index in [0.717, 1.165) is 12.8 Å². The number of ether oxygens (including phenoxy) is 2. The maximum atomic E-state index is 13.9. The van der Waals surface area contributed by atoms with Crippen LogP contribution in [0.1, 0.15) is 45.1 Å². The summed E-state index contributed by atoms with van der Waals surface area (Å²) in [6.45, 7) is 3.68. The average molecular weight is 296 g/mol. The van der Waals surface area contributed by atoms with Crippen LogP contribution >= 0.6 is 0 Å². The van der Waals surface area contributed by atoms with Gasteiger partial charge in [0.1, 0.15) is 5.82 Å². The van der Waals surface area contributed by atoms with Crippen molar-refractivity contribution in [2.24, 2.45) is 0 Å². The number of carboxylic acid groups (broad SMARTS) is 1. The minimum Gasteiger partial charge on any atom is -0.493 e. The fraction of sp³-hybridized carbons (Fsp3) is 0.562. The van der Waals surface area contributed by atoms with Crippen LogP contribution in [0.5, 0.6) is 11.5 Å². The average Bonchev–Trinajstić information content (AvgIpc) is 2.90. The first-order valence-electron chi connectivity index (χ1n) is 7.19. The van der Waals surface area contributed by atoms with E-state index in [0.29, 0.717) is 24.2 Å². The molecule has 1 N–H and O–H groups in total. The molecule has 116 valence electrons. The molecule has 0 saturated heterocycles. The molecule has 1 aliphatic rings. The topological polar surface area (TPSA) is 55.8 Å². The first kappa shape index (κ1) is 15.6. The van der Waals surface area contributed by atoms with E-state index in [2.05, 4.69) is 0 Å². The number of carbonyl (C=O) groups is 1. The fourth-order valence-electron chi connectivity index (χ4n) is 3.01. The molecule has 1 aromatic rings. The second-order valence-corrected chi connectivity index (χ2v) is 5.75. The highest BCUT2D eigenvalue weighted by Gasteiger charge is 2.46. The molecule has 0 spiro atoms. The second-order valence-electron chi connectivity index (χ2n) is 5.75. The van der Waals surface area contributed by atoms with Crippen molar-refractivity contribution in [2.45, 2.75) is 51.0 Å². The van der Waals surface area contributed by atoms with Gasteiger partial charge in [0.2, 0.25) is 0 Å². The van der Waals surface area contributed by atoms with Gasteiger partial charge < -0.3 is 14.6 Å². The summed E-state index contributed by atoms with van der Waals surface area (Å²) in [7, 11) is 1.42. The Morgan fingerprint density at radius 2 is 1.95 bits per heavy atom. The van der Waals surface area contributed by atoms with Gasteiger partial charge in [-0.1, -0.05) is 12.8 Å². The van der Waals surface area contributed by atoms with Crippen LogP contribution in [-0.4, -0.2) is 24.3 Å². The molecule has 2 rings (SSSR count). The van der Waals surface area contributed by atoms with Crippen LogP contribution in [-0.2, 0) is 10.2 Å². The summed E-state index contributed by atoms with van der Waals surface area (Å²) < 4.78 is 24.8. The van der Waals surface area contributed by atoms with Gasteiger partial charge in [0.05, 0.1) is 18.6 Å². The van der Waals surface area contributed by atoms with Crippen molar-refractivity contribution in [3.63, 3.8) is 0 Å². The van der Waals surface area contributed by atoms with Crippen molar-refractivity contribution in [3.8, 4) is 11.5 Å². The highest BCUT2D eigenvalue weighted by Crippen LogP contribution is 2.48. The third kappa shape index (κ3) is 2.82. The Morgan fingerprint density at radius 3 is 2.43 bits per heavy atom. The third-order valence-electron chi connectivity index (χ3n) is 3.98. The highest BCUT2D eigenvalue weighted by molar-refractivity contribution is 5.83. The van der Waals surface area contributed by atoms with Gasteiger partial charge in [-0.2, -0.15) is 0 Å². The zero-order valence-electron chi connectivity index (χ0n) is 12.6. The Kier molecular flexibility index (Phi) is 4.40. The van der Waals surface area contributed by atoms with E-state index >= 15 is 0 Å². The highest BCUT2D eigenvalue weighted by atomic mass is 19.1. The Balaban J connectivity index is 2.65. The third-order valence-corrected chi connectivity index (χ3v) is 3.98. The van der Waals surface area contributed by atoms with Crippen molar-refractivity contribution in [2.75, 3.05) is 7.11 Å². The predicted octanol–water partition coefficient (Wildman–Crippen LogP) is 3.52. The summed E-state index contributed by atoms with van der Waals surface area (Å²) in [4.78, 5) is 11.9. The number of rotatable bonds is 5. The molecule has 0 radical (unpaired) electrons. The molecule has 21 heavy (non-hydrogen) atoms. The van der Waals surface area contributed by atoms with Crippen LogP contribution < -0.4 is 9.47 Å². The van der Waals surface area contributed by atoms with Crippen LogP contribution in [0.25, 0.3) is 0 Å². The SMILES string of the molecule is COc1cc(F)cc(C2(C(=O)O)CCCC2)c1OC(C)C. The summed E-state index contributed by atoms with van der Waals surface area (Å²) in [5.41, 5.74) is -0.697. The lowest BCUT2D eigenvalue weighted by Gasteiger charge is -2.28. The van der Waals surface area contributed by atoms with E-state index in [1.807, 2.05) is 13.8 Å². The summed E-state index contributed by atoms with van der Waals surface area (Å²) >= 11 is 0. The number of benzene rings is 1. The van der Waals surface area contributed by atoms with Crippen LogP contribution in [0.3, 0.4) is 0 Å². The fourth-order valence-corrected chi connectivity index (χ4v) is 3.01. The number of carboxylic acids is 1. The van der Waals surface area contributed by atoms with Gasteiger partial charge in [-0.25, -0.2) is 4.39 Å². The molecule has 0 amide bonds. The van der Waals surface area contributed by atoms with E-state index in [4.69, 9.17) is 9.47 Å². The summed E-state index contributed by atoms with van der Waals surface area (Å²) in [6.07, 6.45) is 2.45. The van der Waals surface area contributed by atoms with Crippen molar-refractivity contribution >= 4 is 5.97 Å². The number of methoxy groups -OCH3 is 1. The van der Waals surface area contributed by atoms with Crippen molar-refractivity contribution < 1.29 is 23.8 Å². The smallest absolute Gasteiger partial charge is 0.314 e. The molecule has 0 aromatic heterocycles. The molecule has 1 saturated carbocycles. The molecule has 5 heteroatoms. The monoisotopic (exact) mass is 296 g/mol. The molecule has 0 unspecified atom stereocenters. The summed E-state index contributed by atoms with van der Waals surface area (Å²) in [5, 5.41) is 9.71. The molecular weight excluding hydrogens is 275 g/mol. The molecule has 1 aromatic carbocycles. The standard InChI is InChI=1S/C16H21FO4/c1-10(2)21-14-12(8-11(17)9-13(14)20-3)16(15(18)19)6-4-5-7-16/h8-10H,4-7H2,1-3H3,(H,18,19). The minimum atomic E-state index is -1.08. The zero-order valence-corrected chi connectivity index (χ0v) is 12.6. The lowest BCUT2D eigenvalue weighted by atomic mass is 9.78. The summed E-state index contributed by atoms with van der Waals surface area (Å²) in [5.74, 6) is -0.851. The van der Waals surface area contributed by atoms with Gasteiger partial charge in [0.15, 0.2) is 11.5 Å². The van der Waals surface area contributed by atoms with Crippen LogP contribution in [0.4, 0.5) is 4.39 Å². The van der Waals surface area contributed by atoms with Gasteiger partial charge in [-0.05, 0) is 32.8 Å². The van der Waals surface area contributed by atoms with Crippen molar-refractivity contribution in [1.29, 1.82) is 0 Å². The lowest BCUT2D eigenvalue weighted by Crippen LogP contribution is -2.33. The second kappa shape index (κ2) is 5.92. The quantitative estimate of drug-likeness (QED) is 0.903. The summed E-state index contributed by atoms with van der Waals surface area (Å²) in [6, 6.07) is 2.51. The van der Waals surface area contributed by atoms with Crippen LogP contribution in [0.15, 0.2) is 12.1 Å². The number of hydrogen-bond acceptors (Lipinski definition) is 3. The van der Waals surface area contributed by atoms with Gasteiger partial charge in [0.25, 0.3) is 0 Å². The molecule has 0 atom stereocenters. The Bertz CT molecular complexity index is 533. The molecule has 1 fully saturated rings. The first-order chi connectivity index (χ1) is 9.90. The molecule has 1 aliphatic carbocycles. The molecule has 0 aliphatic heterocycles. The number of aliphatic carboxylic acids is 1. The largest absolute Gasteiger partial charge is 0.493 e. The maximum absolute atomic E-state index is 13.9. The first-order valence-corrected chi connectivity index (χ1v) is 7.19. The van der Waals surface area contributed by atoms with E-state index in [1.165, 1.54) is 19.2 Å². The maximum Gasteiger partial charge on any atom is 0.314 e. The number of halogens is 1. The zero-order chi connectivity index (χ0) is 15.6. The molecule has 0 bridgehead atoms. The Morgan fingerprint density at radius 1 is 1.33 bits per heavy atom. The van der Waals surface area contributed by atoms with E-state index < -0.39 is 17.2 Å². The van der Waals surface area contributed by atoms with Gasteiger partial charge in [0, 0.05) is 11.6 Å². The van der Waals surface area contributed by atoms with Gasteiger partial charge >= 0.3 is 5.97 Å². The Hall–Kier alpha value is -1.78. The minimum absolute atomic E-state index is 0.157.